The van der Waals surface area contributed by atoms with Gasteiger partial charge in [0.25, 0.3) is 5.56 Å². The lowest BCUT2D eigenvalue weighted by Gasteiger charge is -2.31. The zero-order valence-electron chi connectivity index (χ0n) is 20.8. The molecule has 1 aliphatic rings. The van der Waals surface area contributed by atoms with E-state index in [4.69, 9.17) is 20.6 Å². The van der Waals surface area contributed by atoms with Gasteiger partial charge in [-0.05, 0) is 51.1 Å². The first-order valence-corrected chi connectivity index (χ1v) is 11.9. The Labute approximate surface area is 212 Å². The van der Waals surface area contributed by atoms with Crippen LogP contribution in [0.2, 0.25) is 0 Å². The normalized spacial score (nSPS) is 15.0. The lowest BCUT2D eigenvalue weighted by Crippen LogP contribution is -2.35. The van der Waals surface area contributed by atoms with Crippen LogP contribution in [0.1, 0.15) is 49.7 Å². The van der Waals surface area contributed by atoms with Crippen LogP contribution in [-0.4, -0.2) is 51.0 Å². The second kappa shape index (κ2) is 9.57. The third kappa shape index (κ3) is 3.96. The van der Waals surface area contributed by atoms with E-state index in [0.29, 0.717) is 34.3 Å². The number of rotatable bonds is 7. The zero-order valence-corrected chi connectivity index (χ0v) is 20.8. The molecule has 0 aliphatic heterocycles. The first-order chi connectivity index (χ1) is 17.9. The van der Waals surface area contributed by atoms with Crippen molar-refractivity contribution in [3.05, 3.63) is 64.1 Å². The third-order valence-corrected chi connectivity index (χ3v) is 6.84. The summed E-state index contributed by atoms with van der Waals surface area (Å²) in [5.74, 6) is 0.914. The van der Waals surface area contributed by atoms with Crippen molar-refractivity contribution < 1.29 is 9.13 Å². The number of aliphatic imine (C=N–C) groups is 2. The van der Waals surface area contributed by atoms with Crippen molar-refractivity contribution in [2.24, 2.45) is 15.7 Å². The summed E-state index contributed by atoms with van der Waals surface area (Å²) in [6, 6.07) is 7.36. The van der Waals surface area contributed by atoms with Crippen LogP contribution >= 0.6 is 0 Å². The molecular weight excluding hydrogens is 475 g/mol. The first kappa shape index (κ1) is 24.3. The second-order valence-electron chi connectivity index (χ2n) is 8.89. The minimum Gasteiger partial charge on any atom is -0.481 e. The molecule has 37 heavy (non-hydrogen) atoms. The lowest BCUT2D eigenvalue weighted by atomic mass is 9.92. The van der Waals surface area contributed by atoms with Crippen molar-refractivity contribution in [3.63, 3.8) is 0 Å². The minimum absolute atomic E-state index is 0.0130. The predicted molar refractivity (Wildman–Crippen MR) is 141 cm³/mol. The van der Waals surface area contributed by atoms with E-state index in [1.807, 2.05) is 13.0 Å². The number of aromatic nitrogens is 5. The fraction of sp³-hybridized carbons (Fsp3) is 0.308. The van der Waals surface area contributed by atoms with Crippen molar-refractivity contribution in [3.8, 4) is 17.1 Å². The van der Waals surface area contributed by atoms with Gasteiger partial charge in [0.2, 0.25) is 5.88 Å². The Morgan fingerprint density at radius 3 is 2.68 bits per heavy atom. The number of benzene rings is 1. The van der Waals surface area contributed by atoms with Gasteiger partial charge >= 0.3 is 0 Å². The van der Waals surface area contributed by atoms with E-state index in [2.05, 4.69) is 21.7 Å². The molecule has 0 bridgehead atoms. The molecule has 3 heterocycles. The van der Waals surface area contributed by atoms with Gasteiger partial charge in [-0.1, -0.05) is 6.07 Å². The second-order valence-corrected chi connectivity index (χ2v) is 8.89. The van der Waals surface area contributed by atoms with Crippen molar-refractivity contribution in [2.45, 2.75) is 38.3 Å². The summed E-state index contributed by atoms with van der Waals surface area (Å²) in [5, 5.41) is 4.82. The molecule has 0 spiro atoms. The van der Waals surface area contributed by atoms with E-state index in [1.54, 1.807) is 40.7 Å². The van der Waals surface area contributed by atoms with E-state index in [1.165, 1.54) is 13.2 Å². The van der Waals surface area contributed by atoms with Crippen LogP contribution in [0, 0.1) is 5.82 Å². The number of nitrogens with zero attached hydrogens (tertiary/aromatic N) is 7. The Morgan fingerprint density at radius 2 is 2.08 bits per heavy atom. The molecule has 0 radical (unpaired) electrons. The molecular formula is C26H27FN8O2. The number of hydrogen-bond donors (Lipinski definition) is 1. The Morgan fingerprint density at radius 1 is 1.30 bits per heavy atom. The summed E-state index contributed by atoms with van der Waals surface area (Å²) in [7, 11) is 3.11. The molecule has 5 rings (SSSR count). The summed E-state index contributed by atoms with van der Waals surface area (Å²) >= 11 is 0. The van der Waals surface area contributed by atoms with Crippen LogP contribution in [0.5, 0.6) is 5.88 Å². The maximum Gasteiger partial charge on any atom is 0.264 e. The lowest BCUT2D eigenvalue weighted by molar-refractivity contribution is 0.288. The van der Waals surface area contributed by atoms with Crippen molar-refractivity contribution in [1.82, 2.24) is 24.3 Å². The van der Waals surface area contributed by atoms with Gasteiger partial charge in [0.1, 0.15) is 34.6 Å². The van der Waals surface area contributed by atoms with E-state index in [-0.39, 0.29) is 22.8 Å². The van der Waals surface area contributed by atoms with Crippen LogP contribution in [0.15, 0.2) is 51.3 Å². The maximum absolute atomic E-state index is 14.7. The molecule has 1 aromatic carbocycles. The fourth-order valence-corrected chi connectivity index (χ4v) is 4.66. The Hall–Kier alpha value is -4.41. The highest BCUT2D eigenvalue weighted by atomic mass is 19.1. The van der Waals surface area contributed by atoms with Gasteiger partial charge in [0.05, 0.1) is 18.2 Å². The van der Waals surface area contributed by atoms with Crippen LogP contribution in [0.4, 0.5) is 10.2 Å². The molecule has 1 unspecified atom stereocenters. The van der Waals surface area contributed by atoms with E-state index < -0.39 is 17.4 Å². The van der Waals surface area contributed by atoms with E-state index in [0.717, 1.165) is 19.3 Å². The van der Waals surface area contributed by atoms with Gasteiger partial charge in [-0.2, -0.15) is 5.10 Å². The molecule has 2 N–H and O–H groups in total. The highest BCUT2D eigenvalue weighted by molar-refractivity contribution is 6.06. The molecule has 1 fully saturated rings. The topological polar surface area (TPSA) is 126 Å². The number of ether oxygens (including phenoxy) is 1. The Balaban J connectivity index is 1.75. The third-order valence-electron chi connectivity index (χ3n) is 6.84. The standard InChI is InChI=1S/C26H27FN8O2/c1-14(24-32-18-10-6-9-17(27)20(18)26(36)34(24)16-7-5-8-16)35-25(30-3)21(23(28)29-2)22(33-35)15-11-12-19(37-4)31-13-15/h6,9-14,16H,3,5,7-8H2,1-2,4H3,(H2,28,29). The summed E-state index contributed by atoms with van der Waals surface area (Å²) in [4.78, 5) is 31.0. The zero-order chi connectivity index (χ0) is 26.3. The van der Waals surface area contributed by atoms with Crippen molar-refractivity contribution >= 4 is 29.3 Å². The molecule has 10 nitrogen and oxygen atoms in total. The van der Waals surface area contributed by atoms with Crippen LogP contribution < -0.4 is 16.0 Å². The maximum atomic E-state index is 14.7. The smallest absolute Gasteiger partial charge is 0.264 e. The highest BCUT2D eigenvalue weighted by Gasteiger charge is 2.31. The molecule has 1 aliphatic carbocycles. The molecule has 1 atom stereocenters. The van der Waals surface area contributed by atoms with Crippen LogP contribution in [0.25, 0.3) is 22.2 Å². The van der Waals surface area contributed by atoms with Gasteiger partial charge in [-0.25, -0.2) is 24.0 Å². The van der Waals surface area contributed by atoms with Crippen LogP contribution in [0.3, 0.4) is 0 Å². The number of pyridine rings is 1. The average molecular weight is 503 g/mol. The van der Waals surface area contributed by atoms with Gasteiger partial charge in [0.15, 0.2) is 5.82 Å². The number of hydrogen-bond acceptors (Lipinski definition) is 7. The summed E-state index contributed by atoms with van der Waals surface area (Å²) in [6.07, 6.45) is 4.24. The van der Waals surface area contributed by atoms with Gasteiger partial charge in [0, 0.05) is 30.9 Å². The number of amidine groups is 1. The average Bonchev–Trinajstić information content (AvgIpc) is 3.27. The van der Waals surface area contributed by atoms with Crippen molar-refractivity contribution in [2.75, 3.05) is 14.2 Å². The number of nitrogens with two attached hydrogens (primary N) is 1. The summed E-state index contributed by atoms with van der Waals surface area (Å²) < 4.78 is 23.1. The van der Waals surface area contributed by atoms with Crippen LogP contribution in [-0.2, 0) is 0 Å². The van der Waals surface area contributed by atoms with E-state index in [9.17, 15) is 9.18 Å². The summed E-state index contributed by atoms with van der Waals surface area (Å²) in [6.45, 7) is 5.61. The van der Waals surface area contributed by atoms with Gasteiger partial charge < -0.3 is 10.5 Å². The molecule has 3 aromatic heterocycles. The summed E-state index contributed by atoms with van der Waals surface area (Å²) in [5.41, 5.74) is 7.84. The minimum atomic E-state index is -0.585. The molecule has 11 heteroatoms. The number of fused-ring (bicyclic) bond motifs is 1. The molecule has 1 saturated carbocycles. The number of methoxy groups -OCH3 is 1. The Bertz CT molecular complexity index is 1590. The fourth-order valence-electron chi connectivity index (χ4n) is 4.66. The predicted octanol–water partition coefficient (Wildman–Crippen LogP) is 3.80. The first-order valence-electron chi connectivity index (χ1n) is 11.9. The highest BCUT2D eigenvalue weighted by Crippen LogP contribution is 2.37. The van der Waals surface area contributed by atoms with Crippen molar-refractivity contribution in [1.29, 1.82) is 0 Å². The quantitative estimate of drug-likeness (QED) is 0.303. The Kier molecular flexibility index (Phi) is 6.28. The van der Waals surface area contributed by atoms with E-state index >= 15 is 0 Å². The van der Waals surface area contributed by atoms with Gasteiger partial charge in [-0.15, -0.1) is 0 Å². The molecule has 0 amide bonds. The SMILES string of the molecule is C=Nc1c(C(N)=NC)c(-c2ccc(OC)nc2)nn1C(C)c1nc2cccc(F)c2c(=O)n1C1CCC1. The molecule has 190 valence electrons. The molecule has 0 saturated heterocycles. The monoisotopic (exact) mass is 502 g/mol. The largest absolute Gasteiger partial charge is 0.481 e. The number of halogens is 1. The van der Waals surface area contributed by atoms with Gasteiger partial charge in [-0.3, -0.25) is 14.4 Å². The molecule has 4 aromatic rings.